The molecule has 2 heterocycles. The second-order valence-corrected chi connectivity index (χ2v) is 6.92. The zero-order valence-electron chi connectivity index (χ0n) is 15.8. The first-order chi connectivity index (χ1) is 14.4. The van der Waals surface area contributed by atoms with Gasteiger partial charge in [-0.1, -0.05) is 18.2 Å². The van der Waals surface area contributed by atoms with Crippen LogP contribution in [-0.4, -0.2) is 46.6 Å². The van der Waals surface area contributed by atoms with Crippen LogP contribution in [0.25, 0.3) is 10.8 Å². The summed E-state index contributed by atoms with van der Waals surface area (Å²) < 4.78 is 46.6. The number of likely N-dealkylation sites (tertiary alicyclic amines) is 1. The minimum absolute atomic E-state index is 0.100. The third kappa shape index (κ3) is 4.61. The molecule has 4 rings (SSSR count). The van der Waals surface area contributed by atoms with Crippen LogP contribution in [0.2, 0.25) is 0 Å². The number of amides is 1. The SMILES string of the molecule is O=C(c1ccc(OC(F)(F)F)cc1)N1CCC(Oc2nncc3ccccc23)CC1. The van der Waals surface area contributed by atoms with Crippen molar-refractivity contribution in [2.75, 3.05) is 13.1 Å². The first kappa shape index (κ1) is 19.9. The van der Waals surface area contributed by atoms with Crippen LogP contribution < -0.4 is 9.47 Å². The van der Waals surface area contributed by atoms with Crippen LogP contribution in [0.3, 0.4) is 0 Å². The number of fused-ring (bicyclic) bond motifs is 1. The highest BCUT2D eigenvalue weighted by Crippen LogP contribution is 2.26. The highest BCUT2D eigenvalue weighted by molar-refractivity contribution is 5.94. The molecule has 0 unspecified atom stereocenters. The molecule has 30 heavy (non-hydrogen) atoms. The van der Waals surface area contributed by atoms with Crippen molar-refractivity contribution in [2.24, 2.45) is 0 Å². The van der Waals surface area contributed by atoms with E-state index >= 15 is 0 Å². The van der Waals surface area contributed by atoms with Crippen LogP contribution in [0, 0.1) is 0 Å². The largest absolute Gasteiger partial charge is 0.573 e. The van der Waals surface area contributed by atoms with Crippen molar-refractivity contribution in [1.82, 2.24) is 15.1 Å². The average Bonchev–Trinajstić information content (AvgIpc) is 2.73. The van der Waals surface area contributed by atoms with Gasteiger partial charge in [-0.2, -0.15) is 5.10 Å². The zero-order valence-corrected chi connectivity index (χ0v) is 15.8. The molecule has 6 nitrogen and oxygen atoms in total. The van der Waals surface area contributed by atoms with Gasteiger partial charge in [0.1, 0.15) is 11.9 Å². The van der Waals surface area contributed by atoms with Gasteiger partial charge in [-0.25, -0.2) is 0 Å². The smallest absolute Gasteiger partial charge is 0.473 e. The molecule has 0 radical (unpaired) electrons. The molecule has 0 N–H and O–H groups in total. The maximum atomic E-state index is 12.6. The van der Waals surface area contributed by atoms with E-state index in [-0.39, 0.29) is 17.8 Å². The third-order valence-corrected chi connectivity index (χ3v) is 4.88. The number of carbonyl (C=O) groups is 1. The predicted molar refractivity (Wildman–Crippen MR) is 102 cm³/mol. The summed E-state index contributed by atoms with van der Waals surface area (Å²) in [4.78, 5) is 14.3. The van der Waals surface area contributed by atoms with E-state index in [1.165, 1.54) is 12.1 Å². The summed E-state index contributed by atoms with van der Waals surface area (Å²) in [5.74, 6) is -0.127. The van der Waals surface area contributed by atoms with Gasteiger partial charge in [-0.05, 0) is 30.3 Å². The number of aromatic nitrogens is 2. The number of rotatable bonds is 4. The molecule has 2 aromatic carbocycles. The van der Waals surface area contributed by atoms with Crippen LogP contribution >= 0.6 is 0 Å². The number of benzene rings is 2. The monoisotopic (exact) mass is 417 g/mol. The lowest BCUT2D eigenvalue weighted by molar-refractivity contribution is -0.274. The number of piperidine rings is 1. The number of hydrogen-bond donors (Lipinski definition) is 0. The standard InChI is InChI=1S/C21H18F3N3O3/c22-21(23,24)30-17-7-5-14(6-8-17)20(28)27-11-9-16(10-12-27)29-19-18-4-2-1-3-15(18)13-25-26-19/h1-8,13,16H,9-12H2. The summed E-state index contributed by atoms with van der Waals surface area (Å²) in [5, 5.41) is 9.88. The minimum Gasteiger partial charge on any atom is -0.473 e. The molecular formula is C21H18F3N3O3. The van der Waals surface area contributed by atoms with Crippen molar-refractivity contribution in [3.63, 3.8) is 0 Å². The first-order valence-electron chi connectivity index (χ1n) is 9.41. The molecule has 0 atom stereocenters. The Labute approximate surface area is 170 Å². The topological polar surface area (TPSA) is 64.5 Å². The van der Waals surface area contributed by atoms with Gasteiger partial charge in [-0.15, -0.1) is 18.3 Å². The van der Waals surface area contributed by atoms with E-state index in [2.05, 4.69) is 14.9 Å². The maximum absolute atomic E-state index is 12.6. The quantitative estimate of drug-likeness (QED) is 0.636. The number of nitrogens with zero attached hydrogens (tertiary/aromatic N) is 3. The summed E-state index contributed by atoms with van der Waals surface area (Å²) in [7, 11) is 0. The van der Waals surface area contributed by atoms with E-state index < -0.39 is 6.36 Å². The van der Waals surface area contributed by atoms with Gasteiger partial charge in [0.05, 0.1) is 6.20 Å². The average molecular weight is 417 g/mol. The lowest BCUT2D eigenvalue weighted by atomic mass is 10.1. The Morgan fingerprint density at radius 1 is 1.03 bits per heavy atom. The van der Waals surface area contributed by atoms with E-state index in [0.717, 1.165) is 22.9 Å². The molecule has 1 aliphatic heterocycles. The fourth-order valence-electron chi connectivity index (χ4n) is 3.41. The molecule has 0 spiro atoms. The van der Waals surface area contributed by atoms with E-state index in [9.17, 15) is 18.0 Å². The third-order valence-electron chi connectivity index (χ3n) is 4.88. The molecule has 0 aliphatic carbocycles. The van der Waals surface area contributed by atoms with Crippen LogP contribution in [-0.2, 0) is 0 Å². The fourth-order valence-corrected chi connectivity index (χ4v) is 3.41. The van der Waals surface area contributed by atoms with Gasteiger partial charge in [0.2, 0.25) is 5.88 Å². The molecule has 1 aliphatic rings. The highest BCUT2D eigenvalue weighted by atomic mass is 19.4. The number of carbonyl (C=O) groups excluding carboxylic acids is 1. The maximum Gasteiger partial charge on any atom is 0.573 e. The highest BCUT2D eigenvalue weighted by Gasteiger charge is 2.31. The molecule has 0 bridgehead atoms. The van der Waals surface area contributed by atoms with Crippen LogP contribution in [0.1, 0.15) is 23.2 Å². The summed E-state index contributed by atoms with van der Waals surface area (Å²) in [6, 6.07) is 12.6. The molecular weight excluding hydrogens is 399 g/mol. The van der Waals surface area contributed by atoms with E-state index in [0.29, 0.717) is 37.4 Å². The van der Waals surface area contributed by atoms with E-state index in [1.54, 1.807) is 11.1 Å². The van der Waals surface area contributed by atoms with Gasteiger partial charge >= 0.3 is 6.36 Å². The summed E-state index contributed by atoms with van der Waals surface area (Å²) in [6.07, 6.45) is -1.95. The molecule has 0 saturated carbocycles. The van der Waals surface area contributed by atoms with Crippen LogP contribution in [0.4, 0.5) is 13.2 Å². The fraction of sp³-hybridized carbons (Fsp3) is 0.286. The van der Waals surface area contributed by atoms with E-state index in [1.807, 2.05) is 24.3 Å². The molecule has 156 valence electrons. The first-order valence-corrected chi connectivity index (χ1v) is 9.41. The van der Waals surface area contributed by atoms with Gasteiger partial charge in [0, 0.05) is 42.3 Å². The molecule has 1 saturated heterocycles. The Kier molecular flexibility index (Phi) is 5.43. The van der Waals surface area contributed by atoms with Gasteiger partial charge in [0.25, 0.3) is 5.91 Å². The summed E-state index contributed by atoms with van der Waals surface area (Å²) >= 11 is 0. The van der Waals surface area contributed by atoms with Gasteiger partial charge < -0.3 is 14.4 Å². The van der Waals surface area contributed by atoms with Crippen molar-refractivity contribution < 1.29 is 27.4 Å². The second-order valence-electron chi connectivity index (χ2n) is 6.92. The summed E-state index contributed by atoms with van der Waals surface area (Å²) in [6.45, 7) is 0.949. The number of alkyl halides is 3. The zero-order chi connectivity index (χ0) is 21.1. The van der Waals surface area contributed by atoms with Crippen LogP contribution in [0.15, 0.2) is 54.7 Å². The van der Waals surface area contributed by atoms with Gasteiger partial charge in [-0.3, -0.25) is 4.79 Å². The lowest BCUT2D eigenvalue weighted by Crippen LogP contribution is -2.41. The molecule has 9 heteroatoms. The normalized spacial score (nSPS) is 15.2. The Morgan fingerprint density at radius 3 is 2.43 bits per heavy atom. The Hall–Kier alpha value is -3.36. The molecule has 1 fully saturated rings. The molecule has 1 amide bonds. The van der Waals surface area contributed by atoms with Crippen molar-refractivity contribution in [3.05, 3.63) is 60.3 Å². The molecule has 3 aromatic rings. The van der Waals surface area contributed by atoms with Crippen molar-refractivity contribution in [3.8, 4) is 11.6 Å². The lowest BCUT2D eigenvalue weighted by Gasteiger charge is -2.32. The number of hydrogen-bond acceptors (Lipinski definition) is 5. The van der Waals surface area contributed by atoms with Crippen LogP contribution in [0.5, 0.6) is 11.6 Å². The second kappa shape index (κ2) is 8.17. The Morgan fingerprint density at radius 2 is 1.73 bits per heavy atom. The van der Waals surface area contributed by atoms with Crippen molar-refractivity contribution in [2.45, 2.75) is 25.3 Å². The molecule has 1 aromatic heterocycles. The van der Waals surface area contributed by atoms with Crippen molar-refractivity contribution >= 4 is 16.7 Å². The van der Waals surface area contributed by atoms with Gasteiger partial charge in [0.15, 0.2) is 0 Å². The predicted octanol–water partition coefficient (Wildman–Crippen LogP) is 4.21. The Balaban J connectivity index is 1.35. The Bertz CT molecular complexity index is 1030. The number of ether oxygens (including phenoxy) is 2. The van der Waals surface area contributed by atoms with E-state index in [4.69, 9.17) is 4.74 Å². The summed E-state index contributed by atoms with van der Waals surface area (Å²) in [5.41, 5.74) is 0.309. The minimum atomic E-state index is -4.76. The number of halogens is 3. The van der Waals surface area contributed by atoms with Crippen molar-refractivity contribution in [1.29, 1.82) is 0 Å².